The van der Waals surface area contributed by atoms with Crippen LogP contribution in [0.4, 0.5) is 5.69 Å². The predicted molar refractivity (Wildman–Crippen MR) is 85.4 cm³/mol. The number of hydrogen-bond acceptors (Lipinski definition) is 4. The van der Waals surface area contributed by atoms with E-state index in [2.05, 4.69) is 15.9 Å². The van der Waals surface area contributed by atoms with Gasteiger partial charge in [0.15, 0.2) is 0 Å². The molecule has 0 spiro atoms. The number of carboxylic acids is 1. The molecule has 21 heavy (non-hydrogen) atoms. The number of sulfonamides is 1. The van der Waals surface area contributed by atoms with E-state index < -0.39 is 22.5 Å². The first-order chi connectivity index (χ1) is 9.80. The van der Waals surface area contributed by atoms with Crippen molar-refractivity contribution in [3.05, 3.63) is 45.7 Å². The van der Waals surface area contributed by atoms with Gasteiger partial charge in [-0.15, -0.1) is 11.3 Å². The number of hydrogen-bond donors (Lipinski definition) is 1. The van der Waals surface area contributed by atoms with Crippen LogP contribution in [0, 0.1) is 6.92 Å². The summed E-state index contributed by atoms with van der Waals surface area (Å²) in [5.41, 5.74) is 1.29. The van der Waals surface area contributed by atoms with Crippen molar-refractivity contribution in [2.75, 3.05) is 10.8 Å². The number of aryl methyl sites for hydroxylation is 1. The van der Waals surface area contributed by atoms with Crippen LogP contribution in [0.2, 0.25) is 0 Å². The zero-order valence-corrected chi connectivity index (χ0v) is 14.2. The van der Waals surface area contributed by atoms with Gasteiger partial charge in [0.25, 0.3) is 10.0 Å². The number of halogens is 1. The summed E-state index contributed by atoms with van der Waals surface area (Å²) in [6.45, 7) is 1.25. The molecule has 2 aromatic rings. The quantitative estimate of drug-likeness (QED) is 0.852. The maximum Gasteiger partial charge on any atom is 0.324 e. The molecule has 0 radical (unpaired) electrons. The first-order valence-corrected chi connectivity index (χ1v) is 8.92. The Balaban J connectivity index is 2.49. The summed E-state index contributed by atoms with van der Waals surface area (Å²) in [5.74, 6) is -1.21. The van der Waals surface area contributed by atoms with Crippen molar-refractivity contribution in [2.24, 2.45) is 0 Å². The Hall–Kier alpha value is -1.38. The number of thiophene rings is 1. The molecule has 0 unspecified atom stereocenters. The second kappa shape index (κ2) is 6.17. The summed E-state index contributed by atoms with van der Waals surface area (Å²) in [4.78, 5) is 11.0. The van der Waals surface area contributed by atoms with E-state index in [9.17, 15) is 13.2 Å². The van der Waals surface area contributed by atoms with Crippen molar-refractivity contribution in [1.29, 1.82) is 0 Å². The number of aliphatic carboxylic acids is 1. The molecule has 2 rings (SSSR count). The average Bonchev–Trinajstić information content (AvgIpc) is 2.84. The molecular formula is C13H12BrNO4S2. The third-order valence-corrected chi connectivity index (χ3v) is 6.56. The molecule has 1 heterocycles. The van der Waals surface area contributed by atoms with Crippen LogP contribution in [0.15, 0.2) is 44.4 Å². The molecule has 1 N–H and O–H groups in total. The lowest BCUT2D eigenvalue weighted by Crippen LogP contribution is -2.35. The van der Waals surface area contributed by atoms with Crippen LogP contribution >= 0.6 is 27.3 Å². The second-order valence-corrected chi connectivity index (χ2v) is 8.85. The minimum absolute atomic E-state index is 0.0937. The summed E-state index contributed by atoms with van der Waals surface area (Å²) >= 11 is 4.25. The van der Waals surface area contributed by atoms with Crippen molar-refractivity contribution in [1.82, 2.24) is 0 Å². The van der Waals surface area contributed by atoms with Crippen LogP contribution < -0.4 is 4.31 Å². The van der Waals surface area contributed by atoms with Crippen LogP contribution in [0.3, 0.4) is 0 Å². The molecule has 0 fully saturated rings. The van der Waals surface area contributed by atoms with Crippen molar-refractivity contribution in [3.8, 4) is 0 Å². The summed E-state index contributed by atoms with van der Waals surface area (Å²) in [7, 11) is -3.90. The minimum Gasteiger partial charge on any atom is -0.480 e. The Morgan fingerprint density at radius 1 is 1.24 bits per heavy atom. The Bertz CT molecular complexity index is 753. The van der Waals surface area contributed by atoms with Crippen LogP contribution in [0.5, 0.6) is 0 Å². The molecule has 0 aliphatic rings. The van der Waals surface area contributed by atoms with E-state index in [1.54, 1.807) is 30.3 Å². The summed E-state index contributed by atoms with van der Waals surface area (Å²) in [6, 6.07) is 9.74. The molecule has 8 heteroatoms. The molecule has 112 valence electrons. The maximum atomic E-state index is 12.6. The lowest BCUT2D eigenvalue weighted by Gasteiger charge is -2.21. The Kier molecular flexibility index (Phi) is 4.70. The van der Waals surface area contributed by atoms with Gasteiger partial charge in [0.2, 0.25) is 0 Å². The normalized spacial score (nSPS) is 11.3. The van der Waals surface area contributed by atoms with E-state index in [4.69, 9.17) is 5.11 Å². The number of anilines is 1. The van der Waals surface area contributed by atoms with E-state index in [0.29, 0.717) is 9.47 Å². The lowest BCUT2D eigenvalue weighted by atomic mass is 10.2. The zero-order chi connectivity index (χ0) is 15.6. The molecule has 0 atom stereocenters. The van der Waals surface area contributed by atoms with Gasteiger partial charge >= 0.3 is 5.97 Å². The number of rotatable bonds is 5. The van der Waals surface area contributed by atoms with Crippen LogP contribution in [0.1, 0.15) is 5.56 Å². The van der Waals surface area contributed by atoms with E-state index in [1.807, 2.05) is 6.92 Å². The summed E-state index contributed by atoms with van der Waals surface area (Å²) < 4.78 is 26.9. The monoisotopic (exact) mass is 389 g/mol. The highest BCUT2D eigenvalue weighted by Crippen LogP contribution is 2.31. The Morgan fingerprint density at radius 2 is 1.86 bits per heavy atom. The SMILES string of the molecule is Cc1ccc(N(CC(=O)O)S(=O)(=O)c2ccc(Br)s2)cc1. The van der Waals surface area contributed by atoms with Crippen molar-refractivity contribution in [3.63, 3.8) is 0 Å². The predicted octanol–water partition coefficient (Wildman–Crippen LogP) is 3.10. The molecule has 1 aromatic heterocycles. The van der Waals surface area contributed by atoms with Gasteiger partial charge in [-0.25, -0.2) is 8.42 Å². The summed E-state index contributed by atoms with van der Waals surface area (Å²) in [6.07, 6.45) is 0. The third kappa shape index (κ3) is 3.63. The standard InChI is InChI=1S/C13H12BrNO4S2/c1-9-2-4-10(5-3-9)15(8-12(16)17)21(18,19)13-7-6-11(14)20-13/h2-7H,8H2,1H3,(H,16,17). The highest BCUT2D eigenvalue weighted by molar-refractivity contribution is 9.11. The van der Waals surface area contributed by atoms with Gasteiger partial charge < -0.3 is 5.11 Å². The third-order valence-electron chi connectivity index (χ3n) is 2.69. The summed E-state index contributed by atoms with van der Waals surface area (Å²) in [5, 5.41) is 9.00. The first kappa shape index (κ1) is 16.0. The van der Waals surface area contributed by atoms with Crippen LogP contribution in [-0.4, -0.2) is 26.0 Å². The van der Waals surface area contributed by atoms with Gasteiger partial charge in [0.05, 0.1) is 9.47 Å². The van der Waals surface area contributed by atoms with Gasteiger partial charge in [-0.2, -0.15) is 0 Å². The fourth-order valence-electron chi connectivity index (χ4n) is 1.69. The molecule has 1 aromatic carbocycles. The van der Waals surface area contributed by atoms with Gasteiger partial charge in [-0.1, -0.05) is 17.7 Å². The molecule has 0 aliphatic carbocycles. The Morgan fingerprint density at radius 3 is 2.33 bits per heavy atom. The van der Waals surface area contributed by atoms with Crippen molar-refractivity contribution >= 4 is 48.9 Å². The van der Waals surface area contributed by atoms with Gasteiger partial charge in [-0.05, 0) is 47.1 Å². The average molecular weight is 390 g/mol. The van der Waals surface area contributed by atoms with E-state index in [-0.39, 0.29) is 4.21 Å². The van der Waals surface area contributed by atoms with Crippen molar-refractivity contribution in [2.45, 2.75) is 11.1 Å². The molecule has 0 aliphatic heterocycles. The van der Waals surface area contributed by atoms with E-state index >= 15 is 0 Å². The Labute approximate surface area is 135 Å². The lowest BCUT2D eigenvalue weighted by molar-refractivity contribution is -0.135. The second-order valence-electron chi connectivity index (χ2n) is 4.30. The number of carboxylic acid groups (broad SMARTS) is 1. The van der Waals surface area contributed by atoms with Gasteiger partial charge in [0, 0.05) is 0 Å². The molecule has 0 amide bonds. The molecule has 5 nitrogen and oxygen atoms in total. The minimum atomic E-state index is -3.90. The molecule has 0 saturated carbocycles. The highest BCUT2D eigenvalue weighted by Gasteiger charge is 2.28. The smallest absolute Gasteiger partial charge is 0.324 e. The van der Waals surface area contributed by atoms with E-state index in [1.165, 1.54) is 6.07 Å². The fourth-order valence-corrected chi connectivity index (χ4v) is 5.23. The van der Waals surface area contributed by atoms with Crippen LogP contribution in [-0.2, 0) is 14.8 Å². The molecular weight excluding hydrogens is 378 g/mol. The molecule has 0 bridgehead atoms. The first-order valence-electron chi connectivity index (χ1n) is 5.87. The maximum absolute atomic E-state index is 12.6. The number of nitrogens with zero attached hydrogens (tertiary/aromatic N) is 1. The fraction of sp³-hybridized carbons (Fsp3) is 0.154. The number of benzene rings is 1. The van der Waals surface area contributed by atoms with Gasteiger partial charge in [-0.3, -0.25) is 9.10 Å². The van der Waals surface area contributed by atoms with Crippen LogP contribution in [0.25, 0.3) is 0 Å². The largest absolute Gasteiger partial charge is 0.480 e. The number of carbonyl (C=O) groups is 1. The zero-order valence-electron chi connectivity index (χ0n) is 11.0. The van der Waals surface area contributed by atoms with E-state index in [0.717, 1.165) is 21.2 Å². The topological polar surface area (TPSA) is 74.7 Å². The highest BCUT2D eigenvalue weighted by atomic mass is 79.9. The van der Waals surface area contributed by atoms with Crippen molar-refractivity contribution < 1.29 is 18.3 Å². The van der Waals surface area contributed by atoms with Gasteiger partial charge in [0.1, 0.15) is 10.8 Å². The molecule has 0 saturated heterocycles.